The number of nitrogens with one attached hydrogen (secondary N) is 2. The number of nitrogen functional groups attached to an aromatic ring is 1. The van der Waals surface area contributed by atoms with Gasteiger partial charge in [-0.05, 0) is 30.3 Å². The number of amides is 3. The Bertz CT molecular complexity index is 792. The topological polar surface area (TPSA) is 127 Å². The average molecular weight is 333 g/mol. The van der Waals surface area contributed by atoms with Crippen molar-refractivity contribution in [3.8, 4) is 0 Å². The van der Waals surface area contributed by atoms with Crippen LogP contribution in [-0.4, -0.2) is 17.7 Å². The first-order chi connectivity index (χ1) is 10.9. The fraction of sp³-hybridized carbons (Fsp3) is 0. The standard InChI is InChI=1S/C15H13ClN4O3/c16-10-7-8(17)5-6-12(10)20-15(23)14(22)19-11-4-2-1-3-9(11)13(18)21/h1-7H,17H2,(H2,18,21)(H,19,22)(H,20,23). The highest BCUT2D eigenvalue weighted by Gasteiger charge is 2.17. The minimum atomic E-state index is -0.966. The molecule has 118 valence electrons. The lowest BCUT2D eigenvalue weighted by Gasteiger charge is -2.10. The molecule has 0 aliphatic heterocycles. The first-order valence-electron chi connectivity index (χ1n) is 6.44. The molecular weight excluding hydrogens is 320 g/mol. The molecule has 0 atom stereocenters. The van der Waals surface area contributed by atoms with Crippen molar-refractivity contribution in [1.29, 1.82) is 0 Å². The van der Waals surface area contributed by atoms with Gasteiger partial charge in [0.05, 0.1) is 22.0 Å². The van der Waals surface area contributed by atoms with E-state index in [4.69, 9.17) is 23.1 Å². The summed E-state index contributed by atoms with van der Waals surface area (Å²) >= 11 is 5.92. The number of halogens is 1. The highest BCUT2D eigenvalue weighted by molar-refractivity contribution is 6.45. The molecule has 0 aliphatic carbocycles. The van der Waals surface area contributed by atoms with Crippen molar-refractivity contribution in [3.05, 3.63) is 53.1 Å². The molecule has 0 heterocycles. The molecule has 2 aromatic rings. The van der Waals surface area contributed by atoms with Crippen molar-refractivity contribution in [2.24, 2.45) is 5.73 Å². The number of carbonyl (C=O) groups is 3. The van der Waals surface area contributed by atoms with Crippen LogP contribution in [0.25, 0.3) is 0 Å². The zero-order valence-corrected chi connectivity index (χ0v) is 12.6. The highest BCUT2D eigenvalue weighted by atomic mass is 35.5. The Kier molecular flexibility index (Phi) is 4.82. The number of primary amides is 1. The summed E-state index contributed by atoms with van der Waals surface area (Å²) in [6, 6.07) is 10.5. The number of anilines is 3. The Balaban J connectivity index is 2.12. The van der Waals surface area contributed by atoms with Crippen molar-refractivity contribution in [2.45, 2.75) is 0 Å². The third-order valence-corrected chi connectivity index (χ3v) is 3.20. The van der Waals surface area contributed by atoms with E-state index < -0.39 is 17.7 Å². The van der Waals surface area contributed by atoms with Crippen LogP contribution in [0.4, 0.5) is 17.1 Å². The van der Waals surface area contributed by atoms with E-state index in [1.165, 1.54) is 30.3 Å². The summed E-state index contributed by atoms with van der Waals surface area (Å²) in [5.41, 5.74) is 11.7. The average Bonchev–Trinajstić information content (AvgIpc) is 2.50. The highest BCUT2D eigenvalue weighted by Crippen LogP contribution is 2.24. The maximum Gasteiger partial charge on any atom is 0.314 e. The monoisotopic (exact) mass is 332 g/mol. The van der Waals surface area contributed by atoms with Crippen LogP contribution in [0.2, 0.25) is 5.02 Å². The Morgan fingerprint density at radius 3 is 2.13 bits per heavy atom. The van der Waals surface area contributed by atoms with E-state index in [2.05, 4.69) is 10.6 Å². The molecule has 0 unspecified atom stereocenters. The van der Waals surface area contributed by atoms with Gasteiger partial charge in [-0.25, -0.2) is 0 Å². The van der Waals surface area contributed by atoms with Crippen LogP contribution in [-0.2, 0) is 9.59 Å². The maximum atomic E-state index is 11.9. The fourth-order valence-corrected chi connectivity index (χ4v) is 2.03. The van der Waals surface area contributed by atoms with Crippen LogP contribution in [0.15, 0.2) is 42.5 Å². The Morgan fingerprint density at radius 2 is 1.52 bits per heavy atom. The summed E-state index contributed by atoms with van der Waals surface area (Å²) in [7, 11) is 0. The molecule has 23 heavy (non-hydrogen) atoms. The summed E-state index contributed by atoms with van der Waals surface area (Å²) in [6.45, 7) is 0. The third kappa shape index (κ3) is 3.98. The van der Waals surface area contributed by atoms with Gasteiger partial charge < -0.3 is 22.1 Å². The number of hydrogen-bond donors (Lipinski definition) is 4. The molecule has 0 fully saturated rings. The van der Waals surface area contributed by atoms with E-state index in [1.54, 1.807) is 12.1 Å². The number of hydrogen-bond acceptors (Lipinski definition) is 4. The van der Waals surface area contributed by atoms with E-state index >= 15 is 0 Å². The molecule has 2 rings (SSSR count). The quantitative estimate of drug-likeness (QED) is 0.502. The molecule has 8 heteroatoms. The third-order valence-electron chi connectivity index (χ3n) is 2.89. The van der Waals surface area contributed by atoms with Gasteiger partial charge in [0.25, 0.3) is 5.91 Å². The normalized spacial score (nSPS) is 9.96. The largest absolute Gasteiger partial charge is 0.399 e. The number of rotatable bonds is 3. The molecular formula is C15H13ClN4O3. The summed E-state index contributed by atoms with van der Waals surface area (Å²) in [4.78, 5) is 35.1. The van der Waals surface area contributed by atoms with Crippen molar-refractivity contribution < 1.29 is 14.4 Å². The predicted octanol–water partition coefficient (Wildman–Crippen LogP) is 1.60. The molecule has 0 saturated heterocycles. The summed E-state index contributed by atoms with van der Waals surface area (Å²) in [6.07, 6.45) is 0. The first kappa shape index (κ1) is 16.3. The van der Waals surface area contributed by atoms with Crippen molar-refractivity contribution in [3.63, 3.8) is 0 Å². The van der Waals surface area contributed by atoms with Crippen LogP contribution in [0, 0.1) is 0 Å². The summed E-state index contributed by atoms with van der Waals surface area (Å²) in [5.74, 6) is -2.63. The zero-order chi connectivity index (χ0) is 17.0. The van der Waals surface area contributed by atoms with Crippen molar-refractivity contribution >= 4 is 46.4 Å². The van der Waals surface area contributed by atoms with Gasteiger partial charge in [-0.1, -0.05) is 23.7 Å². The van der Waals surface area contributed by atoms with E-state index in [0.29, 0.717) is 5.69 Å². The molecule has 2 aromatic carbocycles. The van der Waals surface area contributed by atoms with E-state index in [0.717, 1.165) is 0 Å². The predicted molar refractivity (Wildman–Crippen MR) is 88.1 cm³/mol. The SMILES string of the molecule is NC(=O)c1ccccc1NC(=O)C(=O)Nc1ccc(N)cc1Cl. The van der Waals surface area contributed by atoms with E-state index in [-0.39, 0.29) is 22.0 Å². The van der Waals surface area contributed by atoms with Crippen molar-refractivity contribution in [2.75, 3.05) is 16.4 Å². The molecule has 7 nitrogen and oxygen atoms in total. The van der Waals surface area contributed by atoms with Gasteiger partial charge in [-0.3, -0.25) is 14.4 Å². The van der Waals surface area contributed by atoms with Crippen molar-refractivity contribution in [1.82, 2.24) is 0 Å². The molecule has 3 amide bonds. The Morgan fingerprint density at radius 1 is 0.913 bits per heavy atom. The number of benzene rings is 2. The second-order valence-corrected chi connectivity index (χ2v) is 4.96. The Hall–Kier alpha value is -3.06. The number of carbonyl (C=O) groups excluding carboxylic acids is 3. The van der Waals surface area contributed by atoms with E-state index in [9.17, 15) is 14.4 Å². The summed E-state index contributed by atoms with van der Waals surface area (Å²) in [5, 5.41) is 4.87. The fourth-order valence-electron chi connectivity index (χ4n) is 1.80. The first-order valence-corrected chi connectivity index (χ1v) is 6.82. The van der Waals surface area contributed by atoms with Gasteiger partial charge in [0.2, 0.25) is 0 Å². The van der Waals surface area contributed by atoms with Gasteiger partial charge in [0, 0.05) is 5.69 Å². The molecule has 0 spiro atoms. The lowest BCUT2D eigenvalue weighted by Crippen LogP contribution is -2.30. The molecule has 6 N–H and O–H groups in total. The molecule has 0 aromatic heterocycles. The van der Waals surface area contributed by atoms with Gasteiger partial charge in [0.1, 0.15) is 0 Å². The lowest BCUT2D eigenvalue weighted by molar-refractivity contribution is -0.133. The van der Waals surface area contributed by atoms with Crippen LogP contribution in [0.1, 0.15) is 10.4 Å². The molecule has 0 saturated carbocycles. The van der Waals surface area contributed by atoms with Crippen LogP contribution < -0.4 is 22.1 Å². The second-order valence-electron chi connectivity index (χ2n) is 4.56. The Labute approximate surface area is 136 Å². The maximum absolute atomic E-state index is 11.9. The van der Waals surface area contributed by atoms with Gasteiger partial charge in [-0.2, -0.15) is 0 Å². The van der Waals surface area contributed by atoms with Crippen LogP contribution in [0.5, 0.6) is 0 Å². The van der Waals surface area contributed by atoms with Gasteiger partial charge in [-0.15, -0.1) is 0 Å². The van der Waals surface area contributed by atoms with Gasteiger partial charge in [0.15, 0.2) is 0 Å². The molecule has 0 aliphatic rings. The number of nitrogens with two attached hydrogens (primary N) is 2. The molecule has 0 bridgehead atoms. The summed E-state index contributed by atoms with van der Waals surface area (Å²) < 4.78 is 0. The van der Waals surface area contributed by atoms with E-state index in [1.807, 2.05) is 0 Å². The van der Waals surface area contributed by atoms with Gasteiger partial charge >= 0.3 is 11.8 Å². The van der Waals surface area contributed by atoms with Crippen LogP contribution >= 0.6 is 11.6 Å². The zero-order valence-electron chi connectivity index (χ0n) is 11.8. The van der Waals surface area contributed by atoms with Crippen LogP contribution in [0.3, 0.4) is 0 Å². The molecule has 0 radical (unpaired) electrons. The lowest BCUT2D eigenvalue weighted by atomic mass is 10.1. The minimum Gasteiger partial charge on any atom is -0.399 e. The number of para-hydroxylation sites is 1. The second kappa shape index (κ2) is 6.80. The smallest absolute Gasteiger partial charge is 0.314 e. The minimum absolute atomic E-state index is 0.0965.